The number of ether oxygens (including phenoxy) is 2. The van der Waals surface area contributed by atoms with Gasteiger partial charge in [-0.25, -0.2) is 8.78 Å². The minimum atomic E-state index is -0.808. The van der Waals surface area contributed by atoms with Gasteiger partial charge in [-0.2, -0.15) is 0 Å². The predicted molar refractivity (Wildman–Crippen MR) is 103 cm³/mol. The molecule has 0 bridgehead atoms. The van der Waals surface area contributed by atoms with Gasteiger partial charge in [0.1, 0.15) is 6.61 Å². The molecular formula is C21H25F2N3O4. The van der Waals surface area contributed by atoms with E-state index in [2.05, 4.69) is 15.4 Å². The number of nitrogens with one attached hydrogen (secondary N) is 1. The van der Waals surface area contributed by atoms with Crippen molar-refractivity contribution < 1.29 is 27.6 Å². The molecule has 30 heavy (non-hydrogen) atoms. The molecule has 1 saturated heterocycles. The van der Waals surface area contributed by atoms with E-state index in [0.717, 1.165) is 50.9 Å². The summed E-state index contributed by atoms with van der Waals surface area (Å²) in [5.41, 5.74) is 0.0648. The van der Waals surface area contributed by atoms with E-state index in [1.165, 1.54) is 12.1 Å². The fourth-order valence-corrected chi connectivity index (χ4v) is 4.26. The van der Waals surface area contributed by atoms with Crippen LogP contribution in [0.2, 0.25) is 0 Å². The summed E-state index contributed by atoms with van der Waals surface area (Å²) in [6.45, 7) is 3.46. The number of aromatic nitrogens is 1. The van der Waals surface area contributed by atoms with Gasteiger partial charge in [-0.05, 0) is 25.0 Å². The van der Waals surface area contributed by atoms with Crippen molar-refractivity contribution in [1.29, 1.82) is 0 Å². The topological polar surface area (TPSA) is 76.8 Å². The summed E-state index contributed by atoms with van der Waals surface area (Å²) < 4.78 is 43.0. The minimum absolute atomic E-state index is 0.0442. The normalized spacial score (nSPS) is 19.0. The number of amides is 1. The zero-order valence-electron chi connectivity index (χ0n) is 16.7. The van der Waals surface area contributed by atoms with Crippen molar-refractivity contribution in [1.82, 2.24) is 15.4 Å². The van der Waals surface area contributed by atoms with Crippen LogP contribution in [0.15, 0.2) is 28.8 Å². The largest absolute Gasteiger partial charge is 0.479 e. The van der Waals surface area contributed by atoms with Gasteiger partial charge >= 0.3 is 0 Å². The lowest BCUT2D eigenvalue weighted by atomic mass is 9.94. The molecule has 2 aliphatic rings. The molecule has 1 aromatic heterocycles. The van der Waals surface area contributed by atoms with Crippen molar-refractivity contribution in [3.63, 3.8) is 0 Å². The zero-order chi connectivity index (χ0) is 21.0. The number of benzene rings is 1. The molecule has 9 heteroatoms. The van der Waals surface area contributed by atoms with Gasteiger partial charge in [0.05, 0.1) is 13.2 Å². The summed E-state index contributed by atoms with van der Waals surface area (Å²) in [4.78, 5) is 15.0. The highest BCUT2D eigenvalue weighted by Crippen LogP contribution is 2.35. The van der Waals surface area contributed by atoms with Gasteiger partial charge in [-0.3, -0.25) is 9.69 Å². The van der Waals surface area contributed by atoms with Crippen molar-refractivity contribution in [3.05, 3.63) is 47.4 Å². The van der Waals surface area contributed by atoms with Crippen LogP contribution in [0.1, 0.15) is 41.9 Å². The summed E-state index contributed by atoms with van der Waals surface area (Å²) in [6, 6.07) is 4.88. The minimum Gasteiger partial charge on any atom is -0.479 e. The molecule has 1 aromatic carbocycles. The number of hydrogen-bond acceptors (Lipinski definition) is 6. The van der Waals surface area contributed by atoms with Gasteiger partial charge in [0.25, 0.3) is 5.91 Å². The van der Waals surface area contributed by atoms with Crippen LogP contribution in [0.5, 0.6) is 5.75 Å². The Bertz CT molecular complexity index is 857. The molecule has 2 aromatic rings. The molecule has 0 atom stereocenters. The van der Waals surface area contributed by atoms with Crippen molar-refractivity contribution in [2.75, 3.05) is 32.8 Å². The first kappa shape index (κ1) is 20.7. The summed E-state index contributed by atoms with van der Waals surface area (Å²) in [7, 11) is 0. The maximum atomic E-state index is 13.6. The maximum Gasteiger partial charge on any atom is 0.273 e. The van der Waals surface area contributed by atoms with E-state index >= 15 is 0 Å². The second-order valence-electron chi connectivity index (χ2n) is 7.73. The van der Waals surface area contributed by atoms with Crippen LogP contribution in [0.4, 0.5) is 8.78 Å². The number of carbonyl (C=O) groups is 1. The molecule has 1 aliphatic heterocycles. The highest BCUT2D eigenvalue weighted by Gasteiger charge is 2.40. The van der Waals surface area contributed by atoms with Crippen molar-refractivity contribution in [2.24, 2.45) is 0 Å². The van der Waals surface area contributed by atoms with E-state index in [1.54, 1.807) is 0 Å². The Morgan fingerprint density at radius 1 is 1.20 bits per heavy atom. The van der Waals surface area contributed by atoms with E-state index in [9.17, 15) is 13.6 Å². The average molecular weight is 421 g/mol. The SMILES string of the molecule is O=C(NCC1(N2CCOCC2)CCCC1)c1cc(COc2c(F)cccc2F)on1. The van der Waals surface area contributed by atoms with Crippen molar-refractivity contribution in [3.8, 4) is 5.75 Å². The summed E-state index contributed by atoms with van der Waals surface area (Å²) >= 11 is 0. The Balaban J connectivity index is 1.34. The number of hydrogen-bond donors (Lipinski definition) is 1. The molecule has 1 amide bonds. The van der Waals surface area contributed by atoms with Gasteiger partial charge in [0.2, 0.25) is 0 Å². The fraction of sp³-hybridized carbons (Fsp3) is 0.524. The van der Waals surface area contributed by atoms with E-state index < -0.39 is 17.4 Å². The van der Waals surface area contributed by atoms with E-state index in [0.29, 0.717) is 19.8 Å². The highest BCUT2D eigenvalue weighted by molar-refractivity contribution is 5.92. The first-order valence-corrected chi connectivity index (χ1v) is 10.2. The maximum absolute atomic E-state index is 13.6. The number of morpholine rings is 1. The third kappa shape index (κ3) is 4.46. The van der Waals surface area contributed by atoms with Crippen LogP contribution in [0.25, 0.3) is 0 Å². The Morgan fingerprint density at radius 2 is 1.90 bits per heavy atom. The van der Waals surface area contributed by atoms with Gasteiger partial charge in [0.15, 0.2) is 28.8 Å². The van der Waals surface area contributed by atoms with Gasteiger partial charge < -0.3 is 19.3 Å². The molecular weight excluding hydrogens is 396 g/mol. The van der Waals surface area contributed by atoms with Gasteiger partial charge in [0, 0.05) is 31.2 Å². The quantitative estimate of drug-likeness (QED) is 0.741. The molecule has 0 spiro atoms. The molecule has 1 saturated carbocycles. The second-order valence-corrected chi connectivity index (χ2v) is 7.73. The highest BCUT2D eigenvalue weighted by atomic mass is 19.1. The van der Waals surface area contributed by atoms with Crippen LogP contribution in [0.3, 0.4) is 0 Å². The Labute approximate surface area is 173 Å². The van der Waals surface area contributed by atoms with E-state index in [4.69, 9.17) is 14.0 Å². The van der Waals surface area contributed by atoms with E-state index in [-0.39, 0.29) is 29.5 Å². The third-order valence-electron chi connectivity index (χ3n) is 5.86. The smallest absolute Gasteiger partial charge is 0.273 e. The Morgan fingerprint density at radius 3 is 2.60 bits per heavy atom. The van der Waals surface area contributed by atoms with E-state index in [1.807, 2.05) is 0 Å². The first-order valence-electron chi connectivity index (χ1n) is 10.2. The molecule has 1 aliphatic carbocycles. The Hall–Kier alpha value is -2.52. The van der Waals surface area contributed by atoms with Crippen molar-refractivity contribution >= 4 is 5.91 Å². The molecule has 2 fully saturated rings. The van der Waals surface area contributed by atoms with Crippen LogP contribution in [-0.4, -0.2) is 54.4 Å². The fourth-order valence-electron chi connectivity index (χ4n) is 4.26. The first-order chi connectivity index (χ1) is 14.6. The Kier molecular flexibility index (Phi) is 6.29. The van der Waals surface area contributed by atoms with Gasteiger partial charge in [-0.15, -0.1) is 0 Å². The monoisotopic (exact) mass is 421 g/mol. The lowest BCUT2D eigenvalue weighted by molar-refractivity contribution is -0.0199. The lowest BCUT2D eigenvalue weighted by Crippen LogP contribution is -2.57. The summed E-state index contributed by atoms with van der Waals surface area (Å²) in [6.07, 6.45) is 4.37. The zero-order valence-corrected chi connectivity index (χ0v) is 16.7. The summed E-state index contributed by atoms with van der Waals surface area (Å²) in [5.74, 6) is -2.25. The number of carbonyl (C=O) groups excluding carboxylic acids is 1. The molecule has 2 heterocycles. The van der Waals surface area contributed by atoms with Crippen LogP contribution in [0, 0.1) is 11.6 Å². The van der Waals surface area contributed by atoms with Crippen molar-refractivity contribution in [2.45, 2.75) is 37.8 Å². The average Bonchev–Trinajstić information content (AvgIpc) is 3.43. The number of nitrogens with zero attached hydrogens (tertiary/aromatic N) is 2. The number of halogens is 2. The van der Waals surface area contributed by atoms with Crippen LogP contribution < -0.4 is 10.1 Å². The number of para-hydroxylation sites is 1. The molecule has 4 rings (SSSR count). The standard InChI is InChI=1S/C21H25F2N3O4/c22-16-4-3-5-17(23)19(16)29-13-15-12-18(25-30-15)20(27)24-14-21(6-1-2-7-21)26-8-10-28-11-9-26/h3-5,12H,1-2,6-11,13-14H2,(H,24,27). The molecule has 7 nitrogen and oxygen atoms in total. The van der Waals surface area contributed by atoms with Gasteiger partial charge in [-0.1, -0.05) is 24.1 Å². The third-order valence-corrected chi connectivity index (χ3v) is 5.86. The van der Waals surface area contributed by atoms with Crippen LogP contribution >= 0.6 is 0 Å². The molecule has 1 N–H and O–H groups in total. The second kappa shape index (κ2) is 9.09. The lowest BCUT2D eigenvalue weighted by Gasteiger charge is -2.43. The molecule has 0 unspecified atom stereocenters. The number of rotatable bonds is 7. The predicted octanol–water partition coefficient (Wildman–Crippen LogP) is 2.91. The molecule has 162 valence electrons. The summed E-state index contributed by atoms with van der Waals surface area (Å²) in [5, 5.41) is 6.75. The molecule has 0 radical (unpaired) electrons. The van der Waals surface area contributed by atoms with Crippen LogP contribution in [-0.2, 0) is 11.3 Å².